The first-order valence-electron chi connectivity index (χ1n) is 22.9. The summed E-state index contributed by atoms with van der Waals surface area (Å²) in [5, 5.41) is 27.2. The van der Waals surface area contributed by atoms with Crippen LogP contribution in [-0.2, 0) is 44.8 Å². The standard InChI is InChI=1S/C45H70N10O8/c1-25(2)16-29(51-43(61)32-13-9-14-35(32)50-27(4)56)19-40(58)53-36-15-8-12-31(36)42(60)49-20-26(3)41(59)54-37-23-48-22-34(37)45(63)55-38-24-47-21-33(38)44(62)52-30(18-39(46)57)17-28-10-6-5-7-11-28/h5-7,10-11,25-26,29-38,47-48H,8-9,12-24H2,1-4H3,(H2,46,57)(H,49,60)(H,50,56)(H,51,61)(H,52,62)(H,53,58)(H,54,59)(H,55,63)/t26-,29-,30-,31?,32?,33?,34?,35?,36?,37?,38?/m0/s1. The monoisotopic (exact) mass is 879 g/mol. The zero-order chi connectivity index (χ0) is 45.6. The Morgan fingerprint density at radius 3 is 1.83 bits per heavy atom. The summed E-state index contributed by atoms with van der Waals surface area (Å²) >= 11 is 0. The first-order chi connectivity index (χ1) is 30.1. The van der Waals surface area contributed by atoms with Crippen LogP contribution in [0.4, 0.5) is 0 Å². The lowest BCUT2D eigenvalue weighted by Crippen LogP contribution is -2.53. The minimum atomic E-state index is -0.616. The second kappa shape index (κ2) is 23.5. The number of hydrogen-bond donors (Lipinski definition) is 10. The van der Waals surface area contributed by atoms with Crippen LogP contribution in [0.5, 0.6) is 0 Å². The Balaban J connectivity index is 1.06. The summed E-state index contributed by atoms with van der Waals surface area (Å²) < 4.78 is 0. The molecule has 2 aliphatic carbocycles. The zero-order valence-corrected chi connectivity index (χ0v) is 37.3. The molecule has 11 N–H and O–H groups in total. The summed E-state index contributed by atoms with van der Waals surface area (Å²) in [5.74, 6) is -4.66. The van der Waals surface area contributed by atoms with E-state index in [1.165, 1.54) is 6.92 Å². The van der Waals surface area contributed by atoms with Crippen molar-refractivity contribution in [3.63, 3.8) is 0 Å². The minimum Gasteiger partial charge on any atom is -0.370 e. The molecule has 2 heterocycles. The highest BCUT2D eigenvalue weighted by atomic mass is 16.2. The van der Waals surface area contributed by atoms with Gasteiger partial charge in [0.05, 0.1) is 41.7 Å². The molecule has 4 aliphatic rings. The third kappa shape index (κ3) is 14.7. The molecule has 63 heavy (non-hydrogen) atoms. The van der Waals surface area contributed by atoms with Crippen LogP contribution in [0.1, 0.15) is 91.0 Å². The minimum absolute atomic E-state index is 0.0258. The zero-order valence-electron chi connectivity index (χ0n) is 37.3. The molecular formula is C45H70N10O8. The lowest BCUT2D eigenvalue weighted by Gasteiger charge is -2.27. The highest BCUT2D eigenvalue weighted by Gasteiger charge is 2.41. The fourth-order valence-corrected chi connectivity index (χ4v) is 9.64. The van der Waals surface area contributed by atoms with Crippen LogP contribution >= 0.6 is 0 Å². The maximum Gasteiger partial charge on any atom is 0.226 e. The Morgan fingerprint density at radius 2 is 1.21 bits per heavy atom. The Bertz CT molecular complexity index is 1780. The molecule has 0 spiro atoms. The Hall–Kier alpha value is -5.10. The topological polar surface area (TPSA) is 271 Å². The number of rotatable bonds is 21. The van der Waals surface area contributed by atoms with Gasteiger partial charge in [-0.25, -0.2) is 0 Å². The molecule has 8 amide bonds. The van der Waals surface area contributed by atoms with Crippen molar-refractivity contribution in [2.75, 3.05) is 32.7 Å². The second-order valence-corrected chi connectivity index (χ2v) is 18.6. The molecule has 5 rings (SSSR count). The largest absolute Gasteiger partial charge is 0.370 e. The number of carbonyl (C=O) groups excluding carboxylic acids is 8. The van der Waals surface area contributed by atoms with Gasteiger partial charge < -0.3 is 53.6 Å². The molecule has 0 aromatic heterocycles. The average molecular weight is 879 g/mol. The quantitative estimate of drug-likeness (QED) is 0.0739. The fraction of sp³-hybridized carbons (Fsp3) is 0.689. The molecule has 2 saturated heterocycles. The molecule has 348 valence electrons. The predicted molar refractivity (Wildman–Crippen MR) is 235 cm³/mol. The summed E-state index contributed by atoms with van der Waals surface area (Å²) in [5.41, 5.74) is 6.44. The van der Waals surface area contributed by atoms with Gasteiger partial charge in [0.1, 0.15) is 0 Å². The molecule has 8 unspecified atom stereocenters. The smallest absolute Gasteiger partial charge is 0.226 e. The van der Waals surface area contributed by atoms with E-state index in [-0.39, 0.29) is 84.7 Å². The van der Waals surface area contributed by atoms with Crippen molar-refractivity contribution in [2.24, 2.45) is 41.2 Å². The summed E-state index contributed by atoms with van der Waals surface area (Å²) in [6.45, 7) is 8.67. The number of carbonyl (C=O) groups is 8. The third-order valence-corrected chi connectivity index (χ3v) is 12.9. The summed E-state index contributed by atoms with van der Waals surface area (Å²) in [6.07, 6.45) is 5.29. The SMILES string of the molecule is CC(=O)NC1CCCC1C(=O)N[C@H](CC(=O)NC1CCCC1C(=O)NC[C@H](C)C(=O)NC1CNCC1C(=O)NC1CNCC1C(=O)N[C@H](CC(N)=O)Cc1ccccc1)CC(C)C. The van der Waals surface area contributed by atoms with Crippen LogP contribution in [0.25, 0.3) is 0 Å². The van der Waals surface area contributed by atoms with Crippen molar-refractivity contribution in [2.45, 2.75) is 128 Å². The average Bonchev–Trinajstić information content (AvgIpc) is 4.05. The molecule has 11 atom stereocenters. The Labute approximate surface area is 370 Å². The van der Waals surface area contributed by atoms with Crippen molar-refractivity contribution in [1.82, 2.24) is 47.9 Å². The molecule has 18 nitrogen and oxygen atoms in total. The van der Waals surface area contributed by atoms with E-state index in [9.17, 15) is 38.4 Å². The second-order valence-electron chi connectivity index (χ2n) is 18.6. The molecule has 18 heteroatoms. The van der Waals surface area contributed by atoms with Crippen LogP contribution in [-0.4, -0.2) is 116 Å². The van der Waals surface area contributed by atoms with E-state index in [1.54, 1.807) is 6.92 Å². The molecular weight excluding hydrogens is 809 g/mol. The van der Waals surface area contributed by atoms with Crippen molar-refractivity contribution in [3.8, 4) is 0 Å². The summed E-state index contributed by atoms with van der Waals surface area (Å²) in [4.78, 5) is 104. The molecule has 4 fully saturated rings. The first-order valence-corrected chi connectivity index (χ1v) is 22.9. The van der Waals surface area contributed by atoms with E-state index < -0.39 is 53.7 Å². The van der Waals surface area contributed by atoms with Crippen molar-refractivity contribution < 1.29 is 38.4 Å². The van der Waals surface area contributed by atoms with Crippen LogP contribution in [0, 0.1) is 35.5 Å². The van der Waals surface area contributed by atoms with Crippen LogP contribution in [0.3, 0.4) is 0 Å². The van der Waals surface area contributed by atoms with E-state index in [1.807, 2.05) is 44.2 Å². The van der Waals surface area contributed by atoms with Gasteiger partial charge in [0, 0.05) is 76.7 Å². The van der Waals surface area contributed by atoms with Gasteiger partial charge in [-0.1, -0.05) is 63.9 Å². The molecule has 0 radical (unpaired) electrons. The molecule has 1 aromatic rings. The van der Waals surface area contributed by atoms with Crippen molar-refractivity contribution in [1.29, 1.82) is 0 Å². The lowest BCUT2D eigenvalue weighted by atomic mass is 9.97. The van der Waals surface area contributed by atoms with E-state index in [4.69, 9.17) is 5.73 Å². The Morgan fingerprint density at radius 1 is 0.635 bits per heavy atom. The fourth-order valence-electron chi connectivity index (χ4n) is 9.64. The maximum absolute atomic E-state index is 13.6. The van der Waals surface area contributed by atoms with Crippen molar-refractivity contribution >= 4 is 47.3 Å². The molecule has 0 bridgehead atoms. The number of hydrogen-bond acceptors (Lipinski definition) is 10. The molecule has 2 saturated carbocycles. The summed E-state index contributed by atoms with van der Waals surface area (Å²) in [7, 11) is 0. The van der Waals surface area contributed by atoms with Gasteiger partial charge in [0.25, 0.3) is 0 Å². The van der Waals surface area contributed by atoms with Gasteiger partial charge >= 0.3 is 0 Å². The van der Waals surface area contributed by atoms with Crippen LogP contribution in [0.15, 0.2) is 30.3 Å². The highest BCUT2D eigenvalue weighted by molar-refractivity contribution is 5.87. The summed E-state index contributed by atoms with van der Waals surface area (Å²) in [6, 6.07) is 6.96. The van der Waals surface area contributed by atoms with E-state index in [2.05, 4.69) is 47.9 Å². The number of nitrogens with one attached hydrogen (secondary N) is 9. The number of benzene rings is 1. The van der Waals surface area contributed by atoms with Crippen molar-refractivity contribution in [3.05, 3.63) is 35.9 Å². The van der Waals surface area contributed by atoms with Crippen LogP contribution < -0.4 is 53.6 Å². The number of amides is 8. The molecule has 2 aliphatic heterocycles. The predicted octanol–water partition coefficient (Wildman–Crippen LogP) is -0.739. The number of nitrogens with two attached hydrogens (primary N) is 1. The van der Waals surface area contributed by atoms with Gasteiger partial charge in [0.2, 0.25) is 47.3 Å². The van der Waals surface area contributed by atoms with E-state index in [0.29, 0.717) is 58.3 Å². The van der Waals surface area contributed by atoms with Gasteiger partial charge in [-0.3, -0.25) is 38.4 Å². The maximum atomic E-state index is 13.6. The van der Waals surface area contributed by atoms with E-state index in [0.717, 1.165) is 24.8 Å². The first kappa shape index (κ1) is 48.9. The Kier molecular flexibility index (Phi) is 18.3. The van der Waals surface area contributed by atoms with Gasteiger partial charge in [-0.15, -0.1) is 0 Å². The van der Waals surface area contributed by atoms with Gasteiger partial charge in [-0.2, -0.15) is 0 Å². The number of primary amides is 1. The lowest BCUT2D eigenvalue weighted by molar-refractivity contribution is -0.130. The third-order valence-electron chi connectivity index (χ3n) is 12.9. The molecule has 1 aromatic carbocycles. The van der Waals surface area contributed by atoms with Gasteiger partial charge in [-0.05, 0) is 50.0 Å². The van der Waals surface area contributed by atoms with Gasteiger partial charge in [0.15, 0.2) is 0 Å². The van der Waals surface area contributed by atoms with Crippen LogP contribution in [0.2, 0.25) is 0 Å². The highest BCUT2D eigenvalue weighted by Crippen LogP contribution is 2.28. The normalized spacial score (nSPS) is 26.8. The van der Waals surface area contributed by atoms with E-state index >= 15 is 0 Å².